The molecule has 1 atom stereocenters. The largest absolute Gasteiger partial charge is 0.494 e. The zero-order valence-corrected chi connectivity index (χ0v) is 17.7. The molecule has 0 aliphatic carbocycles. The van der Waals surface area contributed by atoms with Gasteiger partial charge in [0.15, 0.2) is 0 Å². The fourth-order valence-electron chi connectivity index (χ4n) is 2.60. The van der Waals surface area contributed by atoms with Crippen LogP contribution in [-0.4, -0.2) is 45.9 Å². The zero-order valence-electron chi connectivity index (χ0n) is 16.9. The average Bonchev–Trinajstić information content (AvgIpc) is 2.79. The molecule has 0 amide bonds. The van der Waals surface area contributed by atoms with Crippen molar-refractivity contribution < 1.29 is 27.3 Å². The predicted molar refractivity (Wildman–Crippen MR) is 103 cm³/mol. The van der Waals surface area contributed by atoms with Crippen LogP contribution in [0.2, 0.25) is 0 Å². The number of nitrogens with one attached hydrogen (secondary N) is 1. The summed E-state index contributed by atoms with van der Waals surface area (Å²) in [6.45, 7) is 11.3. The van der Waals surface area contributed by atoms with E-state index in [1.165, 1.54) is 19.2 Å². The number of hydrogen-bond donors (Lipinski definition) is 1. The van der Waals surface area contributed by atoms with Crippen LogP contribution in [0.25, 0.3) is 0 Å². The summed E-state index contributed by atoms with van der Waals surface area (Å²) in [5.74, 6) is -0.876. The molecule has 1 saturated heterocycles. The fourth-order valence-corrected chi connectivity index (χ4v) is 3.93. The second-order valence-corrected chi connectivity index (χ2v) is 9.74. The van der Waals surface area contributed by atoms with Crippen molar-refractivity contribution in [1.82, 2.24) is 4.72 Å². The van der Waals surface area contributed by atoms with Crippen LogP contribution in [0.3, 0.4) is 0 Å². The highest BCUT2D eigenvalue weighted by molar-refractivity contribution is 7.89. The molecule has 27 heavy (non-hydrogen) atoms. The van der Waals surface area contributed by atoms with Crippen LogP contribution in [-0.2, 0) is 28.9 Å². The van der Waals surface area contributed by atoms with Gasteiger partial charge < -0.3 is 14.0 Å². The van der Waals surface area contributed by atoms with Gasteiger partial charge in [0.2, 0.25) is 10.0 Å². The molecule has 0 bridgehead atoms. The molecule has 7 nitrogen and oxygen atoms in total. The molecule has 1 aliphatic rings. The third-order valence-corrected chi connectivity index (χ3v) is 6.58. The van der Waals surface area contributed by atoms with E-state index in [-0.39, 0.29) is 10.8 Å². The van der Waals surface area contributed by atoms with E-state index in [0.29, 0.717) is 0 Å². The molecule has 1 aromatic carbocycles. The molecule has 0 radical (unpaired) electrons. The van der Waals surface area contributed by atoms with Crippen molar-refractivity contribution in [3.05, 3.63) is 24.3 Å². The smallest absolute Gasteiger partial charge is 0.468 e. The summed E-state index contributed by atoms with van der Waals surface area (Å²) in [4.78, 5) is 11.9. The molecule has 150 valence electrons. The van der Waals surface area contributed by atoms with Gasteiger partial charge in [-0.25, -0.2) is 8.42 Å². The summed E-state index contributed by atoms with van der Waals surface area (Å²) in [6.07, 6.45) is 0. The molecule has 9 heteroatoms. The lowest BCUT2D eigenvalue weighted by Gasteiger charge is -2.32. The molecule has 0 spiro atoms. The summed E-state index contributed by atoms with van der Waals surface area (Å²) in [5.41, 5.74) is -0.231. The van der Waals surface area contributed by atoms with Crippen LogP contribution in [0.1, 0.15) is 41.5 Å². The van der Waals surface area contributed by atoms with Gasteiger partial charge in [-0.2, -0.15) is 4.72 Å². The lowest BCUT2D eigenvalue weighted by Crippen LogP contribution is -2.45. The molecule has 1 N–H and O–H groups in total. The van der Waals surface area contributed by atoms with Gasteiger partial charge in [-0.1, -0.05) is 26.0 Å². The minimum absolute atomic E-state index is 0.0531. The first-order chi connectivity index (χ1) is 12.3. The molecular formula is C18H28BNO6S. The minimum atomic E-state index is -3.88. The Balaban J connectivity index is 2.20. The molecule has 1 aliphatic heterocycles. The van der Waals surface area contributed by atoms with Crippen molar-refractivity contribution in [3.8, 4) is 0 Å². The van der Waals surface area contributed by atoms with Crippen LogP contribution in [0.15, 0.2) is 29.2 Å². The van der Waals surface area contributed by atoms with Crippen molar-refractivity contribution >= 4 is 28.6 Å². The summed E-state index contributed by atoms with van der Waals surface area (Å²) >= 11 is 0. The van der Waals surface area contributed by atoms with E-state index in [9.17, 15) is 13.2 Å². The van der Waals surface area contributed by atoms with E-state index in [0.717, 1.165) is 5.46 Å². The van der Waals surface area contributed by atoms with Crippen molar-refractivity contribution in [2.45, 2.75) is 63.7 Å². The number of carbonyl (C=O) groups is 1. The predicted octanol–water partition coefficient (Wildman–Crippen LogP) is 1.46. The van der Waals surface area contributed by atoms with Gasteiger partial charge >= 0.3 is 13.1 Å². The van der Waals surface area contributed by atoms with Gasteiger partial charge in [-0.05, 0) is 51.2 Å². The van der Waals surface area contributed by atoms with E-state index in [1.807, 2.05) is 27.7 Å². The average molecular weight is 397 g/mol. The first kappa shape index (κ1) is 21.9. The highest BCUT2D eigenvalue weighted by Crippen LogP contribution is 2.36. The normalized spacial score (nSPS) is 19.9. The minimum Gasteiger partial charge on any atom is -0.468 e. The molecular weight excluding hydrogens is 369 g/mol. The van der Waals surface area contributed by atoms with Crippen molar-refractivity contribution in [2.24, 2.45) is 5.92 Å². The van der Waals surface area contributed by atoms with E-state index in [2.05, 4.69) is 9.46 Å². The number of carbonyl (C=O) groups excluding carboxylic acids is 1. The van der Waals surface area contributed by atoms with Gasteiger partial charge in [0, 0.05) is 0 Å². The fraction of sp³-hybridized carbons (Fsp3) is 0.611. The summed E-state index contributed by atoms with van der Waals surface area (Å²) < 4.78 is 44.3. The molecule has 1 heterocycles. The number of esters is 1. The first-order valence-corrected chi connectivity index (χ1v) is 10.3. The summed E-state index contributed by atoms with van der Waals surface area (Å²) in [6, 6.07) is 5.29. The summed E-state index contributed by atoms with van der Waals surface area (Å²) in [7, 11) is -3.22. The Labute approximate surface area is 162 Å². The van der Waals surface area contributed by atoms with Gasteiger partial charge in [0.05, 0.1) is 23.2 Å². The maximum Gasteiger partial charge on any atom is 0.494 e. The number of rotatable bonds is 6. The third kappa shape index (κ3) is 4.54. The second kappa shape index (κ2) is 7.54. The Kier molecular flexibility index (Phi) is 6.11. The van der Waals surface area contributed by atoms with Gasteiger partial charge in [0.1, 0.15) is 6.04 Å². The van der Waals surface area contributed by atoms with E-state index >= 15 is 0 Å². The quantitative estimate of drug-likeness (QED) is 0.578. The third-order valence-electron chi connectivity index (χ3n) is 5.12. The van der Waals surface area contributed by atoms with E-state index < -0.39 is 40.4 Å². The highest BCUT2D eigenvalue weighted by atomic mass is 32.2. The SMILES string of the molecule is COC(=O)C(NS(=O)(=O)c1ccc(B2OC(C)(C)C(C)(C)O2)cc1)C(C)C. The Morgan fingerprint density at radius 1 is 1.07 bits per heavy atom. The topological polar surface area (TPSA) is 90.9 Å². The molecule has 1 fully saturated rings. The Bertz CT molecular complexity index is 773. The highest BCUT2D eigenvalue weighted by Gasteiger charge is 2.51. The van der Waals surface area contributed by atoms with Crippen LogP contribution >= 0.6 is 0 Å². The van der Waals surface area contributed by atoms with Crippen LogP contribution in [0.5, 0.6) is 0 Å². The number of hydrogen-bond acceptors (Lipinski definition) is 6. The zero-order chi connectivity index (χ0) is 20.6. The first-order valence-electron chi connectivity index (χ1n) is 8.86. The van der Waals surface area contributed by atoms with Crippen LogP contribution < -0.4 is 10.2 Å². The van der Waals surface area contributed by atoms with E-state index in [1.54, 1.807) is 26.0 Å². The number of ether oxygens (including phenoxy) is 1. The van der Waals surface area contributed by atoms with Crippen molar-refractivity contribution in [3.63, 3.8) is 0 Å². The number of benzene rings is 1. The van der Waals surface area contributed by atoms with Crippen molar-refractivity contribution in [1.29, 1.82) is 0 Å². The second-order valence-electron chi connectivity index (χ2n) is 8.02. The molecule has 0 aromatic heterocycles. The van der Waals surface area contributed by atoms with E-state index in [4.69, 9.17) is 9.31 Å². The molecule has 2 rings (SSSR count). The van der Waals surface area contributed by atoms with Crippen molar-refractivity contribution in [2.75, 3.05) is 7.11 Å². The Hall–Kier alpha value is -1.42. The maximum absolute atomic E-state index is 12.6. The molecule has 1 aromatic rings. The summed E-state index contributed by atoms with van der Waals surface area (Å²) in [5, 5.41) is 0. The standard InChI is InChI=1S/C18H28BNO6S/c1-12(2)15(16(21)24-7)20-27(22,23)14-10-8-13(9-11-14)19-25-17(3,4)18(5,6)26-19/h8-12,15,20H,1-7H3. The monoisotopic (exact) mass is 397 g/mol. The number of methoxy groups -OCH3 is 1. The molecule has 0 saturated carbocycles. The van der Waals surface area contributed by atoms with Crippen LogP contribution in [0, 0.1) is 5.92 Å². The Morgan fingerprint density at radius 2 is 1.56 bits per heavy atom. The number of sulfonamides is 1. The lowest BCUT2D eigenvalue weighted by atomic mass is 9.79. The van der Waals surface area contributed by atoms with Gasteiger partial charge in [-0.3, -0.25) is 4.79 Å². The van der Waals surface area contributed by atoms with Gasteiger partial charge in [0.25, 0.3) is 0 Å². The van der Waals surface area contributed by atoms with Gasteiger partial charge in [-0.15, -0.1) is 0 Å². The Morgan fingerprint density at radius 3 is 1.96 bits per heavy atom. The molecule has 1 unspecified atom stereocenters. The lowest BCUT2D eigenvalue weighted by molar-refractivity contribution is -0.143. The van der Waals surface area contributed by atoms with Crippen LogP contribution in [0.4, 0.5) is 0 Å². The maximum atomic E-state index is 12.6.